The number of hydrogen-bond acceptors (Lipinski definition) is 1. The van der Waals surface area contributed by atoms with Gasteiger partial charge >= 0.3 is 5.97 Å². The van der Waals surface area contributed by atoms with Gasteiger partial charge in [-0.25, -0.2) is 4.39 Å². The molecule has 0 amide bonds. The minimum atomic E-state index is -1.03. The van der Waals surface area contributed by atoms with E-state index in [0.29, 0.717) is 11.4 Å². The van der Waals surface area contributed by atoms with Gasteiger partial charge in [0.05, 0.1) is 5.92 Å². The normalized spacial score (nSPS) is 12.5. The summed E-state index contributed by atoms with van der Waals surface area (Å²) in [5, 5.41) is 9.18. The highest BCUT2D eigenvalue weighted by molar-refractivity contribution is 6.30. The van der Waals surface area contributed by atoms with Crippen molar-refractivity contribution in [2.75, 3.05) is 0 Å². The number of rotatable bonds is 3. The van der Waals surface area contributed by atoms with Gasteiger partial charge in [0.25, 0.3) is 0 Å². The first-order valence-corrected chi connectivity index (χ1v) is 4.61. The topological polar surface area (TPSA) is 37.3 Å². The van der Waals surface area contributed by atoms with Crippen molar-refractivity contribution in [1.29, 1.82) is 0 Å². The second-order valence-corrected chi connectivity index (χ2v) is 3.40. The van der Waals surface area contributed by atoms with E-state index in [-0.39, 0.29) is 5.56 Å². The molecule has 1 unspecified atom stereocenters. The first-order chi connectivity index (χ1) is 6.56. The molecule has 0 fully saturated rings. The number of benzene rings is 1. The van der Waals surface area contributed by atoms with Crippen LogP contribution >= 0.6 is 11.6 Å². The van der Waals surface area contributed by atoms with Crippen molar-refractivity contribution >= 4 is 17.6 Å². The van der Waals surface area contributed by atoms with Crippen molar-refractivity contribution in [3.63, 3.8) is 0 Å². The van der Waals surface area contributed by atoms with Gasteiger partial charge in [0, 0.05) is 10.6 Å². The molecule has 0 aliphatic carbocycles. The Hall–Kier alpha value is -1.09. The van der Waals surface area contributed by atoms with Crippen LogP contribution in [0.5, 0.6) is 0 Å². The molecule has 0 radical (unpaired) electrons. The lowest BCUT2D eigenvalue weighted by molar-refractivity contribution is -0.138. The Morgan fingerprint density at radius 2 is 2.29 bits per heavy atom. The van der Waals surface area contributed by atoms with E-state index < -0.39 is 17.7 Å². The van der Waals surface area contributed by atoms with Crippen LogP contribution in [0.1, 0.15) is 24.8 Å². The summed E-state index contributed by atoms with van der Waals surface area (Å²) < 4.78 is 13.2. The molecule has 0 aliphatic heterocycles. The third kappa shape index (κ3) is 2.23. The van der Waals surface area contributed by atoms with Gasteiger partial charge in [0.15, 0.2) is 0 Å². The lowest BCUT2D eigenvalue weighted by Gasteiger charge is -2.11. The first-order valence-electron chi connectivity index (χ1n) is 4.24. The van der Waals surface area contributed by atoms with Crippen molar-refractivity contribution in [2.24, 2.45) is 0 Å². The van der Waals surface area contributed by atoms with E-state index in [1.165, 1.54) is 18.2 Å². The molecule has 0 spiro atoms. The van der Waals surface area contributed by atoms with E-state index >= 15 is 0 Å². The zero-order chi connectivity index (χ0) is 10.7. The quantitative estimate of drug-likeness (QED) is 0.843. The minimum absolute atomic E-state index is 0.146. The molecule has 14 heavy (non-hydrogen) atoms. The second-order valence-electron chi connectivity index (χ2n) is 2.96. The van der Waals surface area contributed by atoms with Gasteiger partial charge in [-0.2, -0.15) is 0 Å². The monoisotopic (exact) mass is 216 g/mol. The summed E-state index contributed by atoms with van der Waals surface area (Å²) in [6.07, 6.45) is 0.340. The molecule has 0 saturated carbocycles. The van der Waals surface area contributed by atoms with E-state index in [1.54, 1.807) is 6.92 Å². The molecule has 76 valence electrons. The molecule has 1 aromatic rings. The molecular weight excluding hydrogens is 207 g/mol. The summed E-state index contributed by atoms with van der Waals surface area (Å²) >= 11 is 5.66. The van der Waals surface area contributed by atoms with Crippen LogP contribution in [0.2, 0.25) is 5.02 Å². The predicted octanol–water partition coefficient (Wildman–Crippen LogP) is 3.06. The van der Waals surface area contributed by atoms with Crippen molar-refractivity contribution in [3.8, 4) is 0 Å². The van der Waals surface area contributed by atoms with Crippen LogP contribution in [0.25, 0.3) is 0 Å². The summed E-state index contributed by atoms with van der Waals surface area (Å²) in [7, 11) is 0. The summed E-state index contributed by atoms with van der Waals surface area (Å²) in [5.41, 5.74) is 0.146. The molecule has 0 aliphatic rings. The number of aliphatic carboxylic acids is 1. The Balaban J connectivity index is 3.15. The number of carboxylic acids is 1. The minimum Gasteiger partial charge on any atom is -0.481 e. The maximum absolute atomic E-state index is 13.2. The van der Waals surface area contributed by atoms with Crippen LogP contribution < -0.4 is 0 Å². The van der Waals surface area contributed by atoms with Gasteiger partial charge in [-0.05, 0) is 24.6 Å². The highest BCUT2D eigenvalue weighted by Gasteiger charge is 2.21. The highest BCUT2D eigenvalue weighted by Crippen LogP contribution is 2.25. The average Bonchev–Trinajstić information content (AvgIpc) is 2.11. The maximum atomic E-state index is 13.2. The average molecular weight is 217 g/mol. The third-order valence-electron chi connectivity index (χ3n) is 2.04. The fourth-order valence-electron chi connectivity index (χ4n) is 1.31. The summed E-state index contributed by atoms with van der Waals surface area (Å²) in [6.45, 7) is 1.69. The standard InChI is InChI=1S/C10H10ClFO2/c1-2-7(10(13)14)8-5-6(11)3-4-9(8)12/h3-5,7H,2H2,1H3,(H,13,14). The van der Waals surface area contributed by atoms with Gasteiger partial charge < -0.3 is 5.11 Å². The molecule has 1 aromatic carbocycles. The number of carbonyl (C=O) groups is 1. The lowest BCUT2D eigenvalue weighted by atomic mass is 9.96. The first kappa shape index (κ1) is 11.0. The molecule has 0 bridgehead atoms. The molecule has 0 heterocycles. The van der Waals surface area contributed by atoms with E-state index in [2.05, 4.69) is 0 Å². The Labute approximate surface area is 86.3 Å². The maximum Gasteiger partial charge on any atom is 0.311 e. The van der Waals surface area contributed by atoms with Crippen LogP contribution in [-0.4, -0.2) is 11.1 Å². The van der Waals surface area contributed by atoms with E-state index in [9.17, 15) is 9.18 Å². The van der Waals surface area contributed by atoms with E-state index in [4.69, 9.17) is 16.7 Å². The molecule has 1 rings (SSSR count). The highest BCUT2D eigenvalue weighted by atomic mass is 35.5. The SMILES string of the molecule is CCC(C(=O)O)c1cc(Cl)ccc1F. The molecule has 1 atom stereocenters. The van der Waals surface area contributed by atoms with Crippen LogP contribution in [0, 0.1) is 5.82 Å². The smallest absolute Gasteiger partial charge is 0.311 e. The largest absolute Gasteiger partial charge is 0.481 e. The Bertz CT molecular complexity index is 352. The van der Waals surface area contributed by atoms with Gasteiger partial charge in [0.1, 0.15) is 5.82 Å². The number of halogens is 2. The van der Waals surface area contributed by atoms with Crippen LogP contribution in [0.3, 0.4) is 0 Å². The Morgan fingerprint density at radius 3 is 2.79 bits per heavy atom. The molecular formula is C10H10ClFO2. The summed E-state index contributed by atoms with van der Waals surface area (Å²) in [4.78, 5) is 10.8. The predicted molar refractivity (Wildman–Crippen MR) is 52.1 cm³/mol. The van der Waals surface area contributed by atoms with Crippen LogP contribution in [-0.2, 0) is 4.79 Å². The van der Waals surface area contributed by atoms with Crippen LogP contribution in [0.15, 0.2) is 18.2 Å². The second kappa shape index (κ2) is 4.42. The van der Waals surface area contributed by atoms with E-state index in [0.717, 1.165) is 0 Å². The van der Waals surface area contributed by atoms with Crippen molar-refractivity contribution in [2.45, 2.75) is 19.3 Å². The summed E-state index contributed by atoms with van der Waals surface area (Å²) in [5.74, 6) is -2.38. The zero-order valence-electron chi connectivity index (χ0n) is 7.63. The Kier molecular flexibility index (Phi) is 3.47. The zero-order valence-corrected chi connectivity index (χ0v) is 8.38. The molecule has 0 aromatic heterocycles. The van der Waals surface area contributed by atoms with Crippen molar-refractivity contribution in [3.05, 3.63) is 34.6 Å². The molecule has 4 heteroatoms. The molecule has 2 nitrogen and oxygen atoms in total. The van der Waals surface area contributed by atoms with Gasteiger partial charge in [-0.15, -0.1) is 0 Å². The molecule has 1 N–H and O–H groups in total. The lowest BCUT2D eigenvalue weighted by Crippen LogP contribution is -2.12. The van der Waals surface area contributed by atoms with Gasteiger partial charge in [-0.3, -0.25) is 4.79 Å². The van der Waals surface area contributed by atoms with E-state index in [1.807, 2.05) is 0 Å². The van der Waals surface area contributed by atoms with Crippen LogP contribution in [0.4, 0.5) is 4.39 Å². The fourth-order valence-corrected chi connectivity index (χ4v) is 1.49. The van der Waals surface area contributed by atoms with Crippen molar-refractivity contribution in [1.82, 2.24) is 0 Å². The van der Waals surface area contributed by atoms with Gasteiger partial charge in [0.2, 0.25) is 0 Å². The molecule has 0 saturated heterocycles. The number of hydrogen-bond donors (Lipinski definition) is 1. The fraction of sp³-hybridized carbons (Fsp3) is 0.300. The third-order valence-corrected chi connectivity index (χ3v) is 2.27. The van der Waals surface area contributed by atoms with Crippen molar-refractivity contribution < 1.29 is 14.3 Å². The Morgan fingerprint density at radius 1 is 1.64 bits per heavy atom. The van der Waals surface area contributed by atoms with Gasteiger partial charge in [-0.1, -0.05) is 18.5 Å². The number of carboxylic acid groups (broad SMARTS) is 1. The summed E-state index contributed by atoms with van der Waals surface area (Å²) in [6, 6.07) is 3.94.